The van der Waals surface area contributed by atoms with E-state index in [1.165, 1.54) is 0 Å². The van der Waals surface area contributed by atoms with Crippen molar-refractivity contribution in [3.8, 4) is 0 Å². The van der Waals surface area contributed by atoms with Gasteiger partial charge in [0.05, 0.1) is 12.6 Å². The Labute approximate surface area is 102 Å². The first-order valence-corrected chi connectivity index (χ1v) is 6.04. The van der Waals surface area contributed by atoms with E-state index in [0.29, 0.717) is 6.04 Å². The molecule has 0 aromatic carbocycles. The van der Waals surface area contributed by atoms with Crippen molar-refractivity contribution in [2.24, 2.45) is 5.73 Å². The molecule has 1 aliphatic heterocycles. The maximum Gasteiger partial charge on any atom is 0.225 e. The number of aromatic nitrogens is 2. The highest BCUT2D eigenvalue weighted by Crippen LogP contribution is 2.16. The minimum absolute atomic E-state index is 0.144. The summed E-state index contributed by atoms with van der Waals surface area (Å²) in [5.41, 5.74) is 6.82. The average molecular weight is 236 g/mol. The van der Waals surface area contributed by atoms with Crippen molar-refractivity contribution in [3.05, 3.63) is 18.0 Å². The van der Waals surface area contributed by atoms with Crippen LogP contribution < -0.4 is 10.6 Å². The van der Waals surface area contributed by atoms with E-state index in [1.54, 1.807) is 0 Å². The molecule has 2 rings (SSSR count). The molecule has 17 heavy (non-hydrogen) atoms. The van der Waals surface area contributed by atoms with Crippen LogP contribution in [0.4, 0.5) is 5.95 Å². The summed E-state index contributed by atoms with van der Waals surface area (Å²) in [6, 6.07) is 0.541. The third-order valence-electron chi connectivity index (χ3n) is 3.02. The van der Waals surface area contributed by atoms with Crippen LogP contribution in [0.2, 0.25) is 0 Å². The summed E-state index contributed by atoms with van der Waals surface area (Å²) in [4.78, 5) is 10.8. The summed E-state index contributed by atoms with van der Waals surface area (Å²) < 4.78 is 5.36. The van der Waals surface area contributed by atoms with E-state index in [-0.39, 0.29) is 6.04 Å². The average Bonchev–Trinajstić information content (AvgIpc) is 2.82. The van der Waals surface area contributed by atoms with Gasteiger partial charge in [0, 0.05) is 32.1 Å². The molecule has 1 fully saturated rings. The van der Waals surface area contributed by atoms with Crippen molar-refractivity contribution in [2.75, 3.05) is 25.2 Å². The Kier molecular flexibility index (Phi) is 3.91. The monoisotopic (exact) mass is 236 g/mol. The zero-order chi connectivity index (χ0) is 12.3. The fourth-order valence-corrected chi connectivity index (χ4v) is 2.00. The van der Waals surface area contributed by atoms with E-state index in [9.17, 15) is 0 Å². The SMILES string of the molecule is CC(N)Cc1cnc(N(C)C2CCOC2)nc1. The molecular weight excluding hydrogens is 216 g/mol. The van der Waals surface area contributed by atoms with Gasteiger partial charge in [-0.3, -0.25) is 0 Å². The largest absolute Gasteiger partial charge is 0.379 e. The van der Waals surface area contributed by atoms with Gasteiger partial charge in [-0.1, -0.05) is 0 Å². The van der Waals surface area contributed by atoms with Gasteiger partial charge in [0.15, 0.2) is 0 Å². The van der Waals surface area contributed by atoms with Gasteiger partial charge in [-0.25, -0.2) is 9.97 Å². The Morgan fingerprint density at radius 1 is 1.53 bits per heavy atom. The van der Waals surface area contributed by atoms with Crippen LogP contribution in [0.5, 0.6) is 0 Å². The molecule has 0 bridgehead atoms. The van der Waals surface area contributed by atoms with Crippen molar-refractivity contribution in [2.45, 2.75) is 31.8 Å². The highest BCUT2D eigenvalue weighted by molar-refractivity contribution is 5.30. The number of hydrogen-bond donors (Lipinski definition) is 1. The Morgan fingerprint density at radius 2 is 2.24 bits per heavy atom. The van der Waals surface area contributed by atoms with Gasteiger partial charge in [-0.15, -0.1) is 0 Å². The molecule has 2 unspecified atom stereocenters. The quantitative estimate of drug-likeness (QED) is 0.829. The van der Waals surface area contributed by atoms with Crippen LogP contribution >= 0.6 is 0 Å². The zero-order valence-electron chi connectivity index (χ0n) is 10.5. The number of rotatable bonds is 4. The van der Waals surface area contributed by atoms with E-state index >= 15 is 0 Å². The minimum atomic E-state index is 0.144. The van der Waals surface area contributed by atoms with Gasteiger partial charge < -0.3 is 15.4 Å². The Balaban J connectivity index is 2.01. The molecular formula is C12H20N4O. The minimum Gasteiger partial charge on any atom is -0.379 e. The van der Waals surface area contributed by atoms with Crippen molar-refractivity contribution in [1.29, 1.82) is 0 Å². The van der Waals surface area contributed by atoms with Crippen LogP contribution in [-0.4, -0.2) is 42.3 Å². The first kappa shape index (κ1) is 12.3. The Morgan fingerprint density at radius 3 is 2.76 bits per heavy atom. The number of likely N-dealkylation sites (N-methyl/N-ethyl adjacent to an activating group) is 1. The van der Waals surface area contributed by atoms with E-state index in [4.69, 9.17) is 10.5 Å². The summed E-state index contributed by atoms with van der Waals surface area (Å²) in [6.45, 7) is 3.58. The number of ether oxygens (including phenoxy) is 1. The second kappa shape index (κ2) is 5.42. The first-order chi connectivity index (χ1) is 8.16. The molecule has 0 spiro atoms. The lowest BCUT2D eigenvalue weighted by molar-refractivity contribution is 0.193. The molecule has 0 amide bonds. The van der Waals surface area contributed by atoms with E-state index in [2.05, 4.69) is 14.9 Å². The lowest BCUT2D eigenvalue weighted by atomic mass is 10.1. The van der Waals surface area contributed by atoms with E-state index in [1.807, 2.05) is 26.4 Å². The topological polar surface area (TPSA) is 64.3 Å². The molecule has 0 aliphatic carbocycles. The predicted molar refractivity (Wildman–Crippen MR) is 67.0 cm³/mol. The van der Waals surface area contributed by atoms with Gasteiger partial charge in [0.1, 0.15) is 0 Å². The summed E-state index contributed by atoms with van der Waals surface area (Å²) in [5.74, 6) is 0.758. The number of nitrogens with two attached hydrogens (primary N) is 1. The molecule has 1 aliphatic rings. The highest BCUT2D eigenvalue weighted by Gasteiger charge is 2.21. The van der Waals surface area contributed by atoms with Crippen LogP contribution in [-0.2, 0) is 11.2 Å². The smallest absolute Gasteiger partial charge is 0.225 e. The van der Waals surface area contributed by atoms with Crippen LogP contribution in [0.1, 0.15) is 18.9 Å². The predicted octanol–water partition coefficient (Wildman–Crippen LogP) is 0.591. The first-order valence-electron chi connectivity index (χ1n) is 6.04. The van der Waals surface area contributed by atoms with Crippen LogP contribution in [0.3, 0.4) is 0 Å². The second-order valence-electron chi connectivity index (χ2n) is 4.70. The second-order valence-corrected chi connectivity index (χ2v) is 4.70. The molecule has 1 aromatic rings. The molecule has 5 heteroatoms. The maximum absolute atomic E-state index is 5.74. The van der Waals surface area contributed by atoms with Crippen molar-refractivity contribution < 1.29 is 4.74 Å². The summed E-state index contributed by atoms with van der Waals surface area (Å²) in [5, 5.41) is 0. The Bertz CT molecular complexity index is 346. The lowest BCUT2D eigenvalue weighted by Gasteiger charge is -2.22. The fourth-order valence-electron chi connectivity index (χ4n) is 2.00. The molecule has 2 heterocycles. The third kappa shape index (κ3) is 3.14. The van der Waals surface area contributed by atoms with Gasteiger partial charge in [-0.2, -0.15) is 0 Å². The standard InChI is InChI=1S/C12H20N4O/c1-9(13)5-10-6-14-12(15-7-10)16(2)11-3-4-17-8-11/h6-7,9,11H,3-5,8,13H2,1-2H3. The molecule has 0 saturated carbocycles. The van der Waals surface area contributed by atoms with E-state index in [0.717, 1.165) is 37.6 Å². The molecule has 2 N–H and O–H groups in total. The van der Waals surface area contributed by atoms with Gasteiger partial charge in [-0.05, 0) is 25.3 Å². The van der Waals surface area contributed by atoms with Gasteiger partial charge >= 0.3 is 0 Å². The Hall–Kier alpha value is -1.20. The van der Waals surface area contributed by atoms with Gasteiger partial charge in [0.2, 0.25) is 5.95 Å². The van der Waals surface area contributed by atoms with Crippen LogP contribution in [0.25, 0.3) is 0 Å². The van der Waals surface area contributed by atoms with Crippen molar-refractivity contribution >= 4 is 5.95 Å². The lowest BCUT2D eigenvalue weighted by Crippen LogP contribution is -2.33. The number of hydrogen-bond acceptors (Lipinski definition) is 5. The van der Waals surface area contributed by atoms with Crippen molar-refractivity contribution in [3.63, 3.8) is 0 Å². The summed E-state index contributed by atoms with van der Waals surface area (Å²) in [6.07, 6.45) is 5.58. The fraction of sp³-hybridized carbons (Fsp3) is 0.667. The zero-order valence-corrected chi connectivity index (χ0v) is 10.5. The van der Waals surface area contributed by atoms with E-state index < -0.39 is 0 Å². The van der Waals surface area contributed by atoms with Gasteiger partial charge in [0.25, 0.3) is 0 Å². The molecule has 94 valence electrons. The normalized spacial score (nSPS) is 21.5. The molecule has 5 nitrogen and oxygen atoms in total. The summed E-state index contributed by atoms with van der Waals surface area (Å²) >= 11 is 0. The summed E-state index contributed by atoms with van der Waals surface area (Å²) in [7, 11) is 2.01. The van der Waals surface area contributed by atoms with Crippen LogP contribution in [0, 0.1) is 0 Å². The molecule has 1 aromatic heterocycles. The number of anilines is 1. The molecule has 1 saturated heterocycles. The molecule has 2 atom stereocenters. The van der Waals surface area contributed by atoms with Crippen LogP contribution in [0.15, 0.2) is 12.4 Å². The third-order valence-corrected chi connectivity index (χ3v) is 3.02. The van der Waals surface area contributed by atoms with Crippen molar-refractivity contribution in [1.82, 2.24) is 9.97 Å². The highest BCUT2D eigenvalue weighted by atomic mass is 16.5. The maximum atomic E-state index is 5.74. The molecule has 0 radical (unpaired) electrons. The number of nitrogens with zero attached hydrogens (tertiary/aromatic N) is 3.